The molecule has 1 unspecified atom stereocenters. The van der Waals surface area contributed by atoms with Gasteiger partial charge in [0.2, 0.25) is 0 Å². The van der Waals surface area contributed by atoms with Crippen LogP contribution in [0.5, 0.6) is 5.75 Å². The van der Waals surface area contributed by atoms with Crippen molar-refractivity contribution in [2.24, 2.45) is 7.05 Å². The van der Waals surface area contributed by atoms with Crippen molar-refractivity contribution < 1.29 is 15.0 Å². The largest absolute Gasteiger partial charge is 0.412 e. The monoisotopic (exact) mass is 417 g/mol. The van der Waals surface area contributed by atoms with Crippen molar-refractivity contribution in [3.63, 3.8) is 0 Å². The van der Waals surface area contributed by atoms with Crippen LogP contribution in [0.2, 0.25) is 0 Å². The highest BCUT2D eigenvalue weighted by atomic mass is 35.5. The van der Waals surface area contributed by atoms with E-state index in [4.69, 9.17) is 4.74 Å². The van der Waals surface area contributed by atoms with Crippen LogP contribution in [-0.2, 0) is 19.9 Å². The summed E-state index contributed by atoms with van der Waals surface area (Å²) in [6.45, 7) is 0.959. The fraction of sp³-hybridized carbons (Fsp3) is 0.318. The Morgan fingerprint density at radius 1 is 1.21 bits per heavy atom. The van der Waals surface area contributed by atoms with Crippen LogP contribution in [0.1, 0.15) is 29.3 Å². The summed E-state index contributed by atoms with van der Waals surface area (Å²) in [6.07, 6.45) is 2.73. The van der Waals surface area contributed by atoms with Crippen LogP contribution in [0.15, 0.2) is 48.5 Å². The number of rotatable bonds is 5. The van der Waals surface area contributed by atoms with Gasteiger partial charge in [0.05, 0.1) is 0 Å². The Morgan fingerprint density at radius 2 is 1.97 bits per heavy atom. The number of carbonyl (C=O) groups is 1. The van der Waals surface area contributed by atoms with Gasteiger partial charge in [-0.1, -0.05) is 30.3 Å². The van der Waals surface area contributed by atoms with Gasteiger partial charge in [0.25, 0.3) is 0 Å². The Morgan fingerprint density at radius 3 is 2.69 bits per heavy atom. The van der Waals surface area contributed by atoms with Gasteiger partial charge in [-0.3, -0.25) is 0 Å². The van der Waals surface area contributed by atoms with E-state index in [9.17, 15) is 4.79 Å². The van der Waals surface area contributed by atoms with E-state index in [-0.39, 0.29) is 17.9 Å². The third-order valence-electron chi connectivity index (χ3n) is 5.40. The molecule has 1 aliphatic carbocycles. The lowest BCUT2D eigenvalue weighted by Gasteiger charge is -2.15. The van der Waals surface area contributed by atoms with Gasteiger partial charge in [0.15, 0.2) is 0 Å². The van der Waals surface area contributed by atoms with E-state index < -0.39 is 6.09 Å². The molecule has 6 nitrogen and oxygen atoms in total. The minimum absolute atomic E-state index is 0. The maximum absolute atomic E-state index is 11.5. The molecule has 0 spiro atoms. The number of halogens is 1. The minimum Gasteiger partial charge on any atom is -0.412 e. The van der Waals surface area contributed by atoms with Gasteiger partial charge in [-0.15, -0.1) is 12.4 Å². The number of aromatic nitrogens is 1. The van der Waals surface area contributed by atoms with E-state index in [0.29, 0.717) is 11.8 Å². The minimum atomic E-state index is -0.442. The van der Waals surface area contributed by atoms with Crippen LogP contribution in [-0.4, -0.2) is 29.7 Å². The molecule has 0 fully saturated rings. The number of carbonyl (C=O) groups excluding carboxylic acids is 1. The van der Waals surface area contributed by atoms with E-state index in [1.165, 1.54) is 27.7 Å². The number of hydrogen-bond donors (Lipinski definition) is 2. The average molecular weight is 418 g/mol. The predicted molar refractivity (Wildman–Crippen MR) is 118 cm³/mol. The van der Waals surface area contributed by atoms with E-state index in [0.717, 1.165) is 25.8 Å². The molecule has 4 rings (SSSR count). The highest BCUT2D eigenvalue weighted by Gasteiger charge is 2.28. The quantitative estimate of drug-likeness (QED) is 0.667. The smallest absolute Gasteiger partial charge is 0.412 e. The Bertz CT molecular complexity index is 972. The Hall–Kier alpha value is -2.54. The fourth-order valence-electron chi connectivity index (χ4n) is 4.11. The molecular weight excluding hydrogens is 390 g/mol. The zero-order valence-corrected chi connectivity index (χ0v) is 17.5. The molecule has 1 aromatic heterocycles. The normalized spacial score (nSPS) is 14.6. The van der Waals surface area contributed by atoms with E-state index in [2.05, 4.69) is 52.6 Å². The van der Waals surface area contributed by atoms with Gasteiger partial charge >= 0.3 is 6.09 Å². The Labute approximate surface area is 177 Å². The number of nitrogens with one attached hydrogen (secondary N) is 2. The SMILES string of the molecule is CNC(=O)Oc1ccc2c(c1)c1c(n2C)C(NCCc2ccccc2)CC1.Cl.O. The molecule has 29 heavy (non-hydrogen) atoms. The second kappa shape index (κ2) is 9.78. The summed E-state index contributed by atoms with van der Waals surface area (Å²) < 4.78 is 7.59. The first-order chi connectivity index (χ1) is 13.2. The number of hydrogen-bond acceptors (Lipinski definition) is 3. The maximum atomic E-state index is 11.5. The molecule has 1 amide bonds. The molecule has 0 bridgehead atoms. The second-order valence-corrected chi connectivity index (χ2v) is 7.02. The topological polar surface area (TPSA) is 86.8 Å². The lowest BCUT2D eigenvalue weighted by Crippen LogP contribution is -2.23. The molecule has 0 aliphatic heterocycles. The summed E-state index contributed by atoms with van der Waals surface area (Å²) >= 11 is 0. The van der Waals surface area contributed by atoms with Gasteiger partial charge in [0, 0.05) is 36.7 Å². The van der Waals surface area contributed by atoms with Crippen molar-refractivity contribution in [2.75, 3.05) is 13.6 Å². The first kappa shape index (κ1) is 22.7. The van der Waals surface area contributed by atoms with Gasteiger partial charge in [0.1, 0.15) is 5.75 Å². The fourth-order valence-corrected chi connectivity index (χ4v) is 4.11. The molecule has 1 heterocycles. The van der Waals surface area contributed by atoms with Crippen LogP contribution >= 0.6 is 12.4 Å². The number of aryl methyl sites for hydroxylation is 2. The molecule has 156 valence electrons. The molecule has 4 N–H and O–H groups in total. The summed E-state index contributed by atoms with van der Waals surface area (Å²) in [5.41, 5.74) is 5.26. The molecular formula is C22H28ClN3O3. The predicted octanol–water partition coefficient (Wildman–Crippen LogP) is 3.31. The Balaban J connectivity index is 0.00000150. The number of benzene rings is 2. The Kier molecular flexibility index (Phi) is 7.67. The maximum Gasteiger partial charge on any atom is 0.412 e. The summed E-state index contributed by atoms with van der Waals surface area (Å²) in [5, 5.41) is 7.40. The van der Waals surface area contributed by atoms with Crippen molar-refractivity contribution >= 4 is 29.4 Å². The zero-order chi connectivity index (χ0) is 18.8. The molecule has 0 saturated heterocycles. The highest BCUT2D eigenvalue weighted by Crippen LogP contribution is 2.39. The molecule has 1 atom stereocenters. The molecule has 0 radical (unpaired) electrons. The summed E-state index contributed by atoms with van der Waals surface area (Å²) in [5.74, 6) is 0.579. The van der Waals surface area contributed by atoms with E-state index in [1.54, 1.807) is 7.05 Å². The summed E-state index contributed by atoms with van der Waals surface area (Å²) in [7, 11) is 3.68. The third-order valence-corrected chi connectivity index (χ3v) is 5.40. The lowest BCUT2D eigenvalue weighted by molar-refractivity contribution is 0.203. The lowest BCUT2D eigenvalue weighted by atomic mass is 10.1. The number of amides is 1. The molecule has 7 heteroatoms. The molecule has 3 aromatic rings. The van der Waals surface area contributed by atoms with Crippen molar-refractivity contribution in [3.05, 3.63) is 65.4 Å². The van der Waals surface area contributed by atoms with Gasteiger partial charge in [-0.25, -0.2) is 4.79 Å². The highest BCUT2D eigenvalue weighted by molar-refractivity contribution is 5.88. The van der Waals surface area contributed by atoms with Gasteiger partial charge in [-0.2, -0.15) is 0 Å². The molecule has 0 saturated carbocycles. The van der Waals surface area contributed by atoms with Crippen LogP contribution in [0.25, 0.3) is 10.9 Å². The molecule has 1 aliphatic rings. The van der Waals surface area contributed by atoms with Gasteiger partial charge in [-0.05, 0) is 55.1 Å². The first-order valence-corrected chi connectivity index (χ1v) is 9.45. The van der Waals surface area contributed by atoms with Crippen LogP contribution < -0.4 is 15.4 Å². The van der Waals surface area contributed by atoms with Crippen LogP contribution in [0, 0.1) is 0 Å². The average Bonchev–Trinajstić information content (AvgIpc) is 3.23. The van der Waals surface area contributed by atoms with Gasteiger partial charge < -0.3 is 25.4 Å². The number of fused-ring (bicyclic) bond motifs is 3. The summed E-state index contributed by atoms with van der Waals surface area (Å²) in [6, 6.07) is 16.8. The van der Waals surface area contributed by atoms with Crippen molar-refractivity contribution in [3.8, 4) is 5.75 Å². The van der Waals surface area contributed by atoms with Crippen molar-refractivity contribution in [2.45, 2.75) is 25.3 Å². The standard InChI is InChI=1S/C22H25N3O2.ClH.H2O/c1-23-22(26)27-16-8-11-20-18(14-16)17-9-10-19(21(17)25(20)2)24-13-12-15-6-4-3-5-7-15;;/h3-8,11,14,19,24H,9-10,12-13H2,1-2H3,(H,23,26);1H;1H2. The number of ether oxygens (including phenoxy) is 1. The zero-order valence-electron chi connectivity index (χ0n) is 16.7. The number of nitrogens with zero attached hydrogens (tertiary/aromatic N) is 1. The van der Waals surface area contributed by atoms with Crippen LogP contribution in [0.4, 0.5) is 4.79 Å². The third kappa shape index (κ3) is 4.56. The van der Waals surface area contributed by atoms with Crippen molar-refractivity contribution in [1.29, 1.82) is 0 Å². The van der Waals surface area contributed by atoms with E-state index in [1.807, 2.05) is 18.2 Å². The molecule has 2 aromatic carbocycles. The summed E-state index contributed by atoms with van der Waals surface area (Å²) in [4.78, 5) is 11.5. The van der Waals surface area contributed by atoms with Crippen LogP contribution in [0.3, 0.4) is 0 Å². The van der Waals surface area contributed by atoms with Crippen molar-refractivity contribution in [1.82, 2.24) is 15.2 Å². The van der Waals surface area contributed by atoms with E-state index >= 15 is 0 Å². The first-order valence-electron chi connectivity index (χ1n) is 9.45. The second-order valence-electron chi connectivity index (χ2n) is 7.02.